The third-order valence-electron chi connectivity index (χ3n) is 3.14. The average Bonchev–Trinajstić information content (AvgIpc) is 2.72. The summed E-state index contributed by atoms with van der Waals surface area (Å²) in [4.78, 5) is 14.1. The van der Waals surface area contributed by atoms with Gasteiger partial charge in [0.05, 0.1) is 0 Å². The lowest BCUT2D eigenvalue weighted by Gasteiger charge is -2.26. The minimum Gasteiger partial charge on any atom is -0.341 e. The van der Waals surface area contributed by atoms with Crippen LogP contribution in [0.3, 0.4) is 0 Å². The Morgan fingerprint density at radius 1 is 1.28 bits per heavy atom. The first-order valence-corrected chi connectivity index (χ1v) is 6.45. The Bertz CT molecular complexity index is 460. The number of fused-ring (bicyclic) bond motifs is 1. The van der Waals surface area contributed by atoms with E-state index in [4.69, 9.17) is 0 Å². The lowest BCUT2D eigenvalue weighted by Crippen LogP contribution is -2.34. The number of nitrogens with one attached hydrogen (secondary N) is 1. The Kier molecular flexibility index (Phi) is 3.44. The molecule has 1 aliphatic rings. The zero-order valence-electron chi connectivity index (χ0n) is 11.7. The first kappa shape index (κ1) is 13.1. The minimum absolute atomic E-state index is 0.111. The molecule has 1 aromatic carbocycles. The molecule has 3 heteroatoms. The van der Waals surface area contributed by atoms with Crippen LogP contribution in [0.2, 0.25) is 0 Å². The largest absolute Gasteiger partial charge is 0.341 e. The van der Waals surface area contributed by atoms with E-state index in [9.17, 15) is 4.79 Å². The quantitative estimate of drug-likeness (QED) is 0.869. The van der Waals surface area contributed by atoms with Crippen LogP contribution in [0, 0.1) is 5.41 Å². The van der Waals surface area contributed by atoms with Gasteiger partial charge >= 0.3 is 0 Å². The molecular formula is C15H22N2O. The summed E-state index contributed by atoms with van der Waals surface area (Å²) in [5.74, 6) is 0.111. The Balaban J connectivity index is 2.14. The summed E-state index contributed by atoms with van der Waals surface area (Å²) in [5.41, 5.74) is 3.49. The van der Waals surface area contributed by atoms with E-state index in [1.807, 2.05) is 24.1 Å². The summed E-state index contributed by atoms with van der Waals surface area (Å²) in [5, 5.41) is 3.30. The first-order chi connectivity index (χ1) is 8.37. The molecule has 0 bridgehead atoms. The van der Waals surface area contributed by atoms with Gasteiger partial charge in [0.25, 0.3) is 5.91 Å². The second-order valence-corrected chi connectivity index (χ2v) is 6.31. The fourth-order valence-corrected chi connectivity index (χ4v) is 2.43. The lowest BCUT2D eigenvalue weighted by atomic mass is 9.96. The topological polar surface area (TPSA) is 32.3 Å². The van der Waals surface area contributed by atoms with Crippen LogP contribution in [0.1, 0.15) is 42.3 Å². The predicted octanol–water partition coefficient (Wildman–Crippen LogP) is 2.41. The predicted molar refractivity (Wildman–Crippen MR) is 73.4 cm³/mol. The van der Waals surface area contributed by atoms with Gasteiger partial charge in [-0.25, -0.2) is 0 Å². The molecule has 0 fully saturated rings. The number of carbonyl (C=O) groups excluding carboxylic acids is 1. The van der Waals surface area contributed by atoms with Crippen LogP contribution < -0.4 is 5.32 Å². The normalized spacial score (nSPS) is 14.4. The van der Waals surface area contributed by atoms with Gasteiger partial charge in [0, 0.05) is 32.2 Å². The van der Waals surface area contributed by atoms with Crippen molar-refractivity contribution in [2.45, 2.75) is 33.9 Å². The number of rotatable bonds is 2. The minimum atomic E-state index is 0.111. The molecule has 2 rings (SSSR count). The van der Waals surface area contributed by atoms with Crippen molar-refractivity contribution in [2.75, 3.05) is 13.6 Å². The SMILES string of the molecule is CN(CC(C)(C)C)C(=O)c1ccc2c(c1)CNC2. The summed E-state index contributed by atoms with van der Waals surface area (Å²) in [6, 6.07) is 6.03. The maximum absolute atomic E-state index is 12.3. The van der Waals surface area contributed by atoms with Gasteiger partial charge in [-0.3, -0.25) is 4.79 Å². The Labute approximate surface area is 109 Å². The summed E-state index contributed by atoms with van der Waals surface area (Å²) in [6.45, 7) is 8.98. The number of hydrogen-bond acceptors (Lipinski definition) is 2. The van der Waals surface area contributed by atoms with Crippen LogP contribution in [0.4, 0.5) is 0 Å². The molecule has 1 heterocycles. The Hall–Kier alpha value is -1.35. The molecule has 18 heavy (non-hydrogen) atoms. The number of nitrogens with zero attached hydrogens (tertiary/aromatic N) is 1. The molecule has 0 spiro atoms. The third-order valence-corrected chi connectivity index (χ3v) is 3.14. The smallest absolute Gasteiger partial charge is 0.253 e. The van der Waals surface area contributed by atoms with Crippen LogP contribution in [0.15, 0.2) is 18.2 Å². The van der Waals surface area contributed by atoms with Crippen LogP contribution >= 0.6 is 0 Å². The fourth-order valence-electron chi connectivity index (χ4n) is 2.43. The zero-order chi connectivity index (χ0) is 13.3. The third kappa shape index (κ3) is 2.91. The molecular weight excluding hydrogens is 224 g/mol. The van der Waals surface area contributed by atoms with E-state index < -0.39 is 0 Å². The summed E-state index contributed by atoms with van der Waals surface area (Å²) < 4.78 is 0. The van der Waals surface area contributed by atoms with E-state index in [1.165, 1.54) is 11.1 Å². The standard InChI is InChI=1S/C15H22N2O/c1-15(2,3)10-17(4)14(18)11-5-6-12-8-16-9-13(12)7-11/h5-7,16H,8-10H2,1-4H3. The molecule has 0 saturated heterocycles. The number of carbonyl (C=O) groups is 1. The van der Waals surface area contributed by atoms with E-state index >= 15 is 0 Å². The van der Waals surface area contributed by atoms with Gasteiger partial charge in [-0.15, -0.1) is 0 Å². The molecule has 0 saturated carbocycles. The Morgan fingerprint density at radius 3 is 2.61 bits per heavy atom. The van der Waals surface area contributed by atoms with Gasteiger partial charge in [0.2, 0.25) is 0 Å². The van der Waals surface area contributed by atoms with Crippen LogP contribution in [-0.4, -0.2) is 24.4 Å². The highest BCUT2D eigenvalue weighted by atomic mass is 16.2. The maximum Gasteiger partial charge on any atom is 0.253 e. The van der Waals surface area contributed by atoms with Crippen molar-refractivity contribution in [3.63, 3.8) is 0 Å². The molecule has 0 atom stereocenters. The molecule has 0 aliphatic carbocycles. The molecule has 1 aromatic rings. The van der Waals surface area contributed by atoms with Crippen molar-refractivity contribution in [3.8, 4) is 0 Å². The van der Waals surface area contributed by atoms with Crippen molar-refractivity contribution in [1.29, 1.82) is 0 Å². The van der Waals surface area contributed by atoms with Crippen LogP contribution in [0.5, 0.6) is 0 Å². The summed E-state index contributed by atoms with van der Waals surface area (Å²) in [6.07, 6.45) is 0. The lowest BCUT2D eigenvalue weighted by molar-refractivity contribution is 0.0745. The number of benzene rings is 1. The second-order valence-electron chi connectivity index (χ2n) is 6.31. The monoisotopic (exact) mass is 246 g/mol. The van der Waals surface area contributed by atoms with E-state index in [1.54, 1.807) is 0 Å². The summed E-state index contributed by atoms with van der Waals surface area (Å²) >= 11 is 0. The molecule has 0 radical (unpaired) electrons. The van der Waals surface area contributed by atoms with Crippen molar-refractivity contribution >= 4 is 5.91 Å². The fraction of sp³-hybridized carbons (Fsp3) is 0.533. The highest BCUT2D eigenvalue weighted by Gasteiger charge is 2.20. The van der Waals surface area contributed by atoms with Gasteiger partial charge < -0.3 is 10.2 Å². The molecule has 1 aliphatic heterocycles. The van der Waals surface area contributed by atoms with Gasteiger partial charge in [0.1, 0.15) is 0 Å². The molecule has 1 N–H and O–H groups in total. The van der Waals surface area contributed by atoms with Crippen LogP contribution in [-0.2, 0) is 13.1 Å². The Morgan fingerprint density at radius 2 is 1.94 bits per heavy atom. The molecule has 0 unspecified atom stereocenters. The van der Waals surface area contributed by atoms with Gasteiger partial charge in [0.15, 0.2) is 0 Å². The van der Waals surface area contributed by atoms with Gasteiger partial charge in [-0.05, 0) is 28.7 Å². The number of amides is 1. The highest BCUT2D eigenvalue weighted by Crippen LogP contribution is 2.20. The van der Waals surface area contributed by atoms with Crippen molar-refractivity contribution in [2.24, 2.45) is 5.41 Å². The van der Waals surface area contributed by atoms with Gasteiger partial charge in [-0.2, -0.15) is 0 Å². The molecule has 0 aromatic heterocycles. The van der Waals surface area contributed by atoms with E-state index in [0.717, 1.165) is 25.2 Å². The average molecular weight is 246 g/mol. The van der Waals surface area contributed by atoms with Crippen LogP contribution in [0.25, 0.3) is 0 Å². The maximum atomic E-state index is 12.3. The van der Waals surface area contributed by atoms with Gasteiger partial charge in [-0.1, -0.05) is 26.8 Å². The van der Waals surface area contributed by atoms with E-state index in [0.29, 0.717) is 0 Å². The summed E-state index contributed by atoms with van der Waals surface area (Å²) in [7, 11) is 1.87. The molecule has 1 amide bonds. The second kappa shape index (κ2) is 4.73. The molecule has 98 valence electrons. The molecule has 3 nitrogen and oxygen atoms in total. The van der Waals surface area contributed by atoms with Crippen molar-refractivity contribution in [3.05, 3.63) is 34.9 Å². The van der Waals surface area contributed by atoms with E-state index in [-0.39, 0.29) is 11.3 Å². The van der Waals surface area contributed by atoms with E-state index in [2.05, 4.69) is 32.2 Å². The van der Waals surface area contributed by atoms with Crippen molar-refractivity contribution < 1.29 is 4.79 Å². The zero-order valence-corrected chi connectivity index (χ0v) is 11.7. The first-order valence-electron chi connectivity index (χ1n) is 6.45. The number of hydrogen-bond donors (Lipinski definition) is 1. The highest BCUT2D eigenvalue weighted by molar-refractivity contribution is 5.94. The van der Waals surface area contributed by atoms with Crippen molar-refractivity contribution in [1.82, 2.24) is 10.2 Å².